The molecule has 1 aromatic rings. The molecule has 0 unspecified atom stereocenters. The second-order valence-corrected chi connectivity index (χ2v) is 6.13. The number of carboxylic acids is 1. The third-order valence-electron chi connectivity index (χ3n) is 2.44. The van der Waals surface area contributed by atoms with Gasteiger partial charge in [0.05, 0.1) is 21.3 Å². The molecule has 18 heavy (non-hydrogen) atoms. The van der Waals surface area contributed by atoms with Crippen LogP contribution in [0.2, 0.25) is 0 Å². The number of halogens is 3. The van der Waals surface area contributed by atoms with Gasteiger partial charge in [-0.3, -0.25) is 4.21 Å². The minimum absolute atomic E-state index is 0.0240. The lowest BCUT2D eigenvalue weighted by Crippen LogP contribution is -2.14. The van der Waals surface area contributed by atoms with Crippen LogP contribution in [-0.2, 0) is 21.8 Å². The van der Waals surface area contributed by atoms with Crippen LogP contribution in [0.25, 0.3) is 0 Å². The summed E-state index contributed by atoms with van der Waals surface area (Å²) in [5.41, 5.74) is 0.0849. The molecule has 3 nitrogen and oxygen atoms in total. The molecule has 1 N–H and O–H groups in total. The van der Waals surface area contributed by atoms with E-state index in [0.717, 1.165) is 6.07 Å². The van der Waals surface area contributed by atoms with Gasteiger partial charge in [0.1, 0.15) is 0 Å². The maximum Gasteiger partial charge on any atom is 0.336 e. The average Bonchev–Trinajstić information content (AvgIpc) is 2.25. The van der Waals surface area contributed by atoms with Gasteiger partial charge in [0.2, 0.25) is 0 Å². The predicted octanol–water partition coefficient (Wildman–Crippen LogP) is 3.24. The number of hydrogen-bond donors (Lipinski definition) is 1. The number of hydrogen-bond acceptors (Lipinski definition) is 2. The van der Waals surface area contributed by atoms with Crippen molar-refractivity contribution in [1.29, 1.82) is 0 Å². The molecule has 0 saturated heterocycles. The maximum absolute atomic E-state index is 13.6. The normalized spacial score (nSPS) is 13.4. The zero-order chi connectivity index (χ0) is 14.1. The van der Waals surface area contributed by atoms with Crippen LogP contribution in [0.15, 0.2) is 17.0 Å². The molecule has 0 aromatic heterocycles. The average molecular weight is 313 g/mol. The minimum Gasteiger partial charge on any atom is -0.478 e. The molecule has 0 heterocycles. The van der Waals surface area contributed by atoms with E-state index in [2.05, 4.69) is 0 Å². The Bertz CT molecular complexity index is 512. The number of carbonyl (C=O) groups is 1. The number of carboxylic acid groups (broad SMARTS) is 1. The van der Waals surface area contributed by atoms with Gasteiger partial charge in [0.25, 0.3) is 4.59 Å². The van der Waals surface area contributed by atoms with E-state index in [9.17, 15) is 13.4 Å². The molecular formula is C11H11Cl2FO3S. The summed E-state index contributed by atoms with van der Waals surface area (Å²) >= 11 is 10.8. The van der Waals surface area contributed by atoms with Crippen molar-refractivity contribution in [3.8, 4) is 0 Å². The molecule has 0 saturated carbocycles. The molecule has 7 heteroatoms. The molecule has 0 aliphatic heterocycles. The lowest BCUT2D eigenvalue weighted by atomic mass is 10.0. The van der Waals surface area contributed by atoms with E-state index in [4.69, 9.17) is 28.3 Å². The van der Waals surface area contributed by atoms with Gasteiger partial charge in [0, 0.05) is 11.8 Å². The van der Waals surface area contributed by atoms with Gasteiger partial charge >= 0.3 is 5.97 Å². The number of rotatable bonds is 4. The number of benzene rings is 1. The third kappa shape index (κ3) is 3.02. The summed E-state index contributed by atoms with van der Waals surface area (Å²) in [6.07, 6.45) is 1.61. The fourth-order valence-electron chi connectivity index (χ4n) is 1.73. The molecule has 0 aliphatic carbocycles. The van der Waals surface area contributed by atoms with Crippen molar-refractivity contribution < 1.29 is 18.5 Å². The molecule has 0 amide bonds. The van der Waals surface area contributed by atoms with Crippen molar-refractivity contribution >= 4 is 40.0 Å². The molecule has 0 bridgehead atoms. The van der Waals surface area contributed by atoms with Gasteiger partial charge in [0.15, 0.2) is 0 Å². The largest absolute Gasteiger partial charge is 0.478 e. The van der Waals surface area contributed by atoms with Crippen LogP contribution in [-0.4, -0.2) is 21.5 Å². The predicted molar refractivity (Wildman–Crippen MR) is 69.6 cm³/mol. The first kappa shape index (κ1) is 15.4. The molecule has 0 spiro atoms. The highest BCUT2D eigenvalue weighted by Crippen LogP contribution is 2.40. The Labute approximate surface area is 116 Å². The molecule has 1 atom stereocenters. The Morgan fingerprint density at radius 2 is 2.06 bits per heavy atom. The Hall–Kier alpha value is -0.650. The fraction of sp³-hybridized carbons (Fsp3) is 0.364. The lowest BCUT2D eigenvalue weighted by molar-refractivity contribution is 0.0695. The van der Waals surface area contributed by atoms with E-state index < -0.39 is 21.4 Å². The van der Waals surface area contributed by atoms with E-state index in [1.807, 2.05) is 0 Å². The monoisotopic (exact) mass is 312 g/mol. The molecule has 100 valence electrons. The highest BCUT2D eigenvalue weighted by Gasteiger charge is 2.32. The molecule has 1 rings (SSSR count). The Morgan fingerprint density at radius 1 is 1.50 bits per heavy atom. The van der Waals surface area contributed by atoms with Crippen LogP contribution in [0, 0.1) is 0 Å². The van der Waals surface area contributed by atoms with Gasteiger partial charge in [-0.25, -0.2) is 9.18 Å². The van der Waals surface area contributed by atoms with E-state index in [1.165, 1.54) is 12.3 Å². The Kier molecular flexibility index (Phi) is 4.75. The van der Waals surface area contributed by atoms with Crippen LogP contribution >= 0.6 is 23.2 Å². The zero-order valence-corrected chi connectivity index (χ0v) is 12.0. The van der Waals surface area contributed by atoms with E-state index in [-0.39, 0.29) is 28.0 Å². The first-order valence-corrected chi connectivity index (χ1v) is 7.31. The highest BCUT2D eigenvalue weighted by molar-refractivity contribution is 7.84. The van der Waals surface area contributed by atoms with Crippen molar-refractivity contribution in [2.45, 2.75) is 22.8 Å². The highest BCUT2D eigenvalue weighted by atomic mass is 35.5. The lowest BCUT2D eigenvalue weighted by Gasteiger charge is -2.18. The van der Waals surface area contributed by atoms with Crippen LogP contribution in [0.3, 0.4) is 0 Å². The second-order valence-electron chi connectivity index (χ2n) is 3.58. The van der Waals surface area contributed by atoms with Crippen LogP contribution in [0.1, 0.15) is 28.4 Å². The summed E-state index contributed by atoms with van der Waals surface area (Å²) in [6, 6.07) is 2.37. The number of aromatic carboxylic acids is 1. The van der Waals surface area contributed by atoms with Crippen molar-refractivity contribution in [3.05, 3.63) is 28.8 Å². The van der Waals surface area contributed by atoms with Crippen molar-refractivity contribution in [3.63, 3.8) is 0 Å². The third-order valence-corrected chi connectivity index (χ3v) is 3.89. The molecule has 0 radical (unpaired) electrons. The smallest absolute Gasteiger partial charge is 0.336 e. The summed E-state index contributed by atoms with van der Waals surface area (Å²) in [7, 11) is -1.60. The maximum atomic E-state index is 13.6. The van der Waals surface area contributed by atoms with Crippen LogP contribution in [0.4, 0.5) is 4.39 Å². The SMILES string of the molecule is CCc1c(C(=O)O)ccc(C(F)(Cl)Cl)c1[S@@](C)=O. The molecule has 0 fully saturated rings. The standard InChI is InChI=1S/C11H11Cl2FO3S/c1-3-6-7(10(15)16)4-5-8(11(12,13)14)9(6)18(2)17/h4-5H,3H2,1-2H3,(H,15,16)/t18-/m1/s1. The summed E-state index contributed by atoms with van der Waals surface area (Å²) in [5.74, 6) is -1.17. The topological polar surface area (TPSA) is 54.4 Å². The van der Waals surface area contributed by atoms with Crippen LogP contribution in [0.5, 0.6) is 0 Å². The van der Waals surface area contributed by atoms with Gasteiger partial charge < -0.3 is 5.11 Å². The first-order valence-electron chi connectivity index (χ1n) is 5.00. The van der Waals surface area contributed by atoms with Gasteiger partial charge in [-0.2, -0.15) is 0 Å². The van der Waals surface area contributed by atoms with Crippen molar-refractivity contribution in [2.24, 2.45) is 0 Å². The minimum atomic E-state index is -2.71. The van der Waals surface area contributed by atoms with Crippen molar-refractivity contribution in [2.75, 3.05) is 6.26 Å². The fourth-order valence-corrected chi connectivity index (χ4v) is 3.28. The summed E-state index contributed by atoms with van der Waals surface area (Å²) in [5, 5.41) is 9.04. The van der Waals surface area contributed by atoms with Gasteiger partial charge in [-0.05, 0) is 18.1 Å². The summed E-state index contributed by atoms with van der Waals surface area (Å²) < 4.78 is 22.6. The molecule has 1 aromatic carbocycles. The van der Waals surface area contributed by atoms with Gasteiger partial charge in [-0.1, -0.05) is 36.2 Å². The van der Waals surface area contributed by atoms with Crippen molar-refractivity contribution in [1.82, 2.24) is 0 Å². The van der Waals surface area contributed by atoms with E-state index >= 15 is 0 Å². The summed E-state index contributed by atoms with van der Waals surface area (Å²) in [6.45, 7) is 1.68. The molecule has 0 aliphatic rings. The van der Waals surface area contributed by atoms with Gasteiger partial charge in [-0.15, -0.1) is 0 Å². The van der Waals surface area contributed by atoms with Crippen LogP contribution < -0.4 is 0 Å². The quantitative estimate of drug-likeness (QED) is 0.868. The van der Waals surface area contributed by atoms with E-state index in [1.54, 1.807) is 6.92 Å². The van der Waals surface area contributed by atoms with E-state index in [0.29, 0.717) is 0 Å². The number of alkyl halides is 3. The summed E-state index contributed by atoms with van der Waals surface area (Å²) in [4.78, 5) is 11.1. The Morgan fingerprint density at radius 3 is 2.39 bits per heavy atom. The molecular weight excluding hydrogens is 302 g/mol. The first-order chi connectivity index (χ1) is 8.20. The Balaban J connectivity index is 3.70. The second kappa shape index (κ2) is 5.55. The zero-order valence-electron chi connectivity index (χ0n) is 9.67.